The Balaban J connectivity index is 2.35. The molecule has 0 amide bonds. The molecule has 0 aliphatic carbocycles. The lowest BCUT2D eigenvalue weighted by atomic mass is 9.88. The molecule has 4 heteroatoms. The lowest BCUT2D eigenvalue weighted by molar-refractivity contribution is 0.355. The Labute approximate surface area is 96.3 Å². The van der Waals surface area contributed by atoms with Crippen molar-refractivity contribution < 1.29 is 0 Å². The fourth-order valence-corrected chi connectivity index (χ4v) is 1.49. The summed E-state index contributed by atoms with van der Waals surface area (Å²) in [4.78, 5) is 8.16. The zero-order valence-corrected chi connectivity index (χ0v) is 10.1. The molecule has 0 saturated heterocycles. The number of anilines is 1. The molecule has 1 heterocycles. The normalized spacial score (nSPS) is 11.4. The minimum absolute atomic E-state index is 0.242. The number of halogens is 1. The van der Waals surface area contributed by atoms with Gasteiger partial charge in [-0.25, -0.2) is 4.98 Å². The number of rotatable bonds is 6. The maximum atomic E-state index is 5.68. The van der Waals surface area contributed by atoms with Gasteiger partial charge in [0, 0.05) is 24.8 Å². The molecule has 0 aromatic carbocycles. The van der Waals surface area contributed by atoms with Crippen LogP contribution in [-0.2, 0) is 0 Å². The van der Waals surface area contributed by atoms with Crippen LogP contribution in [0.25, 0.3) is 0 Å². The molecule has 0 fully saturated rings. The van der Waals surface area contributed by atoms with Gasteiger partial charge in [0.15, 0.2) is 0 Å². The predicted octanol–water partition coefficient (Wildman–Crippen LogP) is 2.93. The summed E-state index contributed by atoms with van der Waals surface area (Å²) in [6.45, 7) is 5.34. The number of nitrogens with zero attached hydrogens (tertiary/aromatic N) is 2. The SMILES string of the molecule is CC(C)(CCCCl)CNc1cnccn1. The minimum Gasteiger partial charge on any atom is -0.368 e. The monoisotopic (exact) mass is 227 g/mol. The zero-order chi connectivity index (χ0) is 11.1. The van der Waals surface area contributed by atoms with Crippen molar-refractivity contribution in [2.75, 3.05) is 17.7 Å². The third-order valence-electron chi connectivity index (χ3n) is 2.30. The molecular formula is C11H18ClN3. The van der Waals surface area contributed by atoms with Crippen molar-refractivity contribution in [1.82, 2.24) is 9.97 Å². The lowest BCUT2D eigenvalue weighted by Gasteiger charge is -2.24. The number of nitrogens with one attached hydrogen (secondary N) is 1. The van der Waals surface area contributed by atoms with Gasteiger partial charge in [0.2, 0.25) is 0 Å². The van der Waals surface area contributed by atoms with Gasteiger partial charge in [0.25, 0.3) is 0 Å². The van der Waals surface area contributed by atoms with E-state index in [0.717, 1.165) is 31.1 Å². The van der Waals surface area contributed by atoms with E-state index in [0.29, 0.717) is 0 Å². The number of hydrogen-bond donors (Lipinski definition) is 1. The van der Waals surface area contributed by atoms with Gasteiger partial charge in [0.1, 0.15) is 5.82 Å². The van der Waals surface area contributed by atoms with E-state index >= 15 is 0 Å². The molecule has 0 saturated carbocycles. The number of hydrogen-bond acceptors (Lipinski definition) is 3. The molecule has 1 aromatic rings. The molecular weight excluding hydrogens is 210 g/mol. The Hall–Kier alpha value is -0.830. The highest BCUT2D eigenvalue weighted by atomic mass is 35.5. The van der Waals surface area contributed by atoms with E-state index in [2.05, 4.69) is 29.1 Å². The lowest BCUT2D eigenvalue weighted by Crippen LogP contribution is -2.23. The molecule has 0 unspecified atom stereocenters. The van der Waals surface area contributed by atoms with Gasteiger partial charge < -0.3 is 5.32 Å². The summed E-state index contributed by atoms with van der Waals surface area (Å²) in [5.74, 6) is 1.56. The van der Waals surface area contributed by atoms with Crippen LogP contribution in [0.2, 0.25) is 0 Å². The van der Waals surface area contributed by atoms with Gasteiger partial charge in [-0.15, -0.1) is 11.6 Å². The molecule has 1 N–H and O–H groups in total. The standard InChI is InChI=1S/C11H18ClN3/c1-11(2,4-3-5-12)9-15-10-8-13-6-7-14-10/h6-8H,3-5,9H2,1-2H3,(H,14,15). The number of alkyl halides is 1. The smallest absolute Gasteiger partial charge is 0.144 e. The molecule has 0 spiro atoms. The Morgan fingerprint density at radius 3 is 2.80 bits per heavy atom. The van der Waals surface area contributed by atoms with E-state index < -0.39 is 0 Å². The van der Waals surface area contributed by atoms with Crippen LogP contribution in [0.15, 0.2) is 18.6 Å². The summed E-state index contributed by atoms with van der Waals surface area (Å²) < 4.78 is 0. The summed E-state index contributed by atoms with van der Waals surface area (Å²) in [6.07, 6.45) is 7.26. The highest BCUT2D eigenvalue weighted by Gasteiger charge is 2.16. The third kappa shape index (κ3) is 4.98. The minimum atomic E-state index is 0.242. The van der Waals surface area contributed by atoms with Gasteiger partial charge in [-0.2, -0.15) is 0 Å². The largest absolute Gasteiger partial charge is 0.368 e. The average Bonchev–Trinajstić information content (AvgIpc) is 2.25. The van der Waals surface area contributed by atoms with Crippen molar-refractivity contribution in [3.05, 3.63) is 18.6 Å². The van der Waals surface area contributed by atoms with Gasteiger partial charge in [-0.05, 0) is 18.3 Å². The first-order valence-electron chi connectivity index (χ1n) is 5.20. The highest BCUT2D eigenvalue weighted by Crippen LogP contribution is 2.22. The Kier molecular flexibility index (Phi) is 4.82. The summed E-state index contributed by atoms with van der Waals surface area (Å²) in [6, 6.07) is 0. The third-order valence-corrected chi connectivity index (χ3v) is 2.57. The molecule has 0 atom stereocenters. The number of aromatic nitrogens is 2. The van der Waals surface area contributed by atoms with Crippen LogP contribution >= 0.6 is 11.6 Å². The second-order valence-corrected chi connectivity index (χ2v) is 4.78. The topological polar surface area (TPSA) is 37.8 Å². The molecule has 0 bridgehead atoms. The summed E-state index contributed by atoms with van der Waals surface area (Å²) in [5.41, 5.74) is 0.242. The second-order valence-electron chi connectivity index (χ2n) is 4.40. The van der Waals surface area contributed by atoms with Gasteiger partial charge >= 0.3 is 0 Å². The molecule has 0 radical (unpaired) electrons. The maximum absolute atomic E-state index is 5.68. The second kappa shape index (κ2) is 5.91. The molecule has 0 aliphatic heterocycles. The van der Waals surface area contributed by atoms with Crippen molar-refractivity contribution in [2.24, 2.45) is 5.41 Å². The van der Waals surface area contributed by atoms with Crippen molar-refractivity contribution >= 4 is 17.4 Å². The van der Waals surface area contributed by atoms with Crippen LogP contribution in [0.1, 0.15) is 26.7 Å². The summed E-state index contributed by atoms with van der Waals surface area (Å²) in [5, 5.41) is 3.28. The van der Waals surface area contributed by atoms with Crippen LogP contribution in [0.4, 0.5) is 5.82 Å². The molecule has 84 valence electrons. The Morgan fingerprint density at radius 1 is 1.40 bits per heavy atom. The predicted molar refractivity (Wildman–Crippen MR) is 64.3 cm³/mol. The van der Waals surface area contributed by atoms with E-state index in [-0.39, 0.29) is 5.41 Å². The summed E-state index contributed by atoms with van der Waals surface area (Å²) in [7, 11) is 0. The quantitative estimate of drug-likeness (QED) is 0.760. The molecule has 1 rings (SSSR count). The van der Waals surface area contributed by atoms with E-state index in [1.54, 1.807) is 18.6 Å². The molecule has 0 aliphatic rings. The van der Waals surface area contributed by atoms with Gasteiger partial charge in [-0.1, -0.05) is 13.8 Å². The van der Waals surface area contributed by atoms with Crippen LogP contribution in [0, 0.1) is 5.41 Å². The maximum Gasteiger partial charge on any atom is 0.144 e. The van der Waals surface area contributed by atoms with E-state index in [9.17, 15) is 0 Å². The van der Waals surface area contributed by atoms with Crippen molar-refractivity contribution in [3.8, 4) is 0 Å². The van der Waals surface area contributed by atoms with E-state index in [4.69, 9.17) is 11.6 Å². The average molecular weight is 228 g/mol. The fraction of sp³-hybridized carbons (Fsp3) is 0.636. The van der Waals surface area contributed by atoms with Crippen LogP contribution < -0.4 is 5.32 Å². The van der Waals surface area contributed by atoms with Gasteiger partial charge in [-0.3, -0.25) is 4.98 Å². The Morgan fingerprint density at radius 2 is 2.20 bits per heavy atom. The van der Waals surface area contributed by atoms with Crippen LogP contribution in [0.3, 0.4) is 0 Å². The molecule has 1 aromatic heterocycles. The fourth-order valence-electron chi connectivity index (χ4n) is 1.35. The van der Waals surface area contributed by atoms with Crippen molar-refractivity contribution in [2.45, 2.75) is 26.7 Å². The van der Waals surface area contributed by atoms with Crippen molar-refractivity contribution in [1.29, 1.82) is 0 Å². The van der Waals surface area contributed by atoms with E-state index in [1.807, 2.05) is 0 Å². The van der Waals surface area contributed by atoms with Crippen LogP contribution in [0.5, 0.6) is 0 Å². The molecule has 15 heavy (non-hydrogen) atoms. The van der Waals surface area contributed by atoms with E-state index in [1.165, 1.54) is 0 Å². The Bertz CT molecular complexity index is 274. The molecule has 3 nitrogen and oxygen atoms in total. The van der Waals surface area contributed by atoms with Crippen LogP contribution in [-0.4, -0.2) is 22.4 Å². The van der Waals surface area contributed by atoms with Gasteiger partial charge in [0.05, 0.1) is 6.20 Å². The first-order chi connectivity index (χ1) is 7.14. The highest BCUT2D eigenvalue weighted by molar-refractivity contribution is 6.17. The zero-order valence-electron chi connectivity index (χ0n) is 9.33. The van der Waals surface area contributed by atoms with Crippen molar-refractivity contribution in [3.63, 3.8) is 0 Å². The first-order valence-corrected chi connectivity index (χ1v) is 5.73. The first kappa shape index (κ1) is 12.2. The summed E-state index contributed by atoms with van der Waals surface area (Å²) >= 11 is 5.68.